The Hall–Kier alpha value is -2.40. The molecule has 0 aromatic heterocycles. The van der Waals surface area contributed by atoms with Gasteiger partial charge in [0.15, 0.2) is 0 Å². The molecule has 1 saturated heterocycles. The van der Waals surface area contributed by atoms with Crippen molar-refractivity contribution in [3.05, 3.63) is 33.9 Å². The van der Waals surface area contributed by atoms with Gasteiger partial charge in [-0.2, -0.15) is 4.39 Å². The minimum absolute atomic E-state index is 0.00410. The summed E-state index contributed by atoms with van der Waals surface area (Å²) < 4.78 is 26.9. The van der Waals surface area contributed by atoms with Gasteiger partial charge in [0.25, 0.3) is 5.91 Å². The van der Waals surface area contributed by atoms with Crippen molar-refractivity contribution < 1.29 is 38.1 Å². The molecule has 2 heterocycles. The average Bonchev–Trinajstić information content (AvgIpc) is 3.25. The van der Waals surface area contributed by atoms with E-state index in [1.165, 1.54) is 7.11 Å². The van der Waals surface area contributed by atoms with Crippen LogP contribution in [-0.2, 0) is 32.1 Å². The monoisotopic (exact) mass is 574 g/mol. The molecule has 2 N–H and O–H groups in total. The lowest BCUT2D eigenvalue weighted by Gasteiger charge is -2.27. The van der Waals surface area contributed by atoms with Gasteiger partial charge in [0, 0.05) is 24.2 Å². The second-order valence-corrected chi connectivity index (χ2v) is 10.7. The summed E-state index contributed by atoms with van der Waals surface area (Å²) in [4.78, 5) is 38.8. The summed E-state index contributed by atoms with van der Waals surface area (Å²) in [5.74, 6) is -2.77. The maximum Gasteiger partial charge on any atom is 0.341 e. The van der Waals surface area contributed by atoms with Gasteiger partial charge in [0.05, 0.1) is 38.0 Å². The lowest BCUT2D eigenvalue weighted by Crippen LogP contribution is -2.37. The maximum atomic E-state index is 14.0. The number of carboxylic acid groups (broad SMARTS) is 1. The van der Waals surface area contributed by atoms with Gasteiger partial charge in [0.2, 0.25) is 0 Å². The summed E-state index contributed by atoms with van der Waals surface area (Å²) in [7, 11) is 1.44. The Morgan fingerprint density at radius 2 is 2.00 bits per heavy atom. The Bertz CT molecular complexity index is 1100. The number of carboxylic acids is 1. The Balaban J connectivity index is 1.91. The first-order valence-electron chi connectivity index (χ1n) is 12.4. The topological polar surface area (TPSA) is 114 Å². The van der Waals surface area contributed by atoms with E-state index in [0.717, 1.165) is 31.6 Å². The van der Waals surface area contributed by atoms with Gasteiger partial charge in [0.1, 0.15) is 12.4 Å². The molecule has 2 aliphatic heterocycles. The summed E-state index contributed by atoms with van der Waals surface area (Å²) in [6.45, 7) is 7.55. The van der Waals surface area contributed by atoms with Crippen LogP contribution in [0.4, 0.5) is 10.1 Å². The van der Waals surface area contributed by atoms with Crippen LogP contribution in [0.5, 0.6) is 5.75 Å². The largest absolute Gasteiger partial charge is 0.496 e. The number of cyclic esters (lactones) is 1. The van der Waals surface area contributed by atoms with Crippen molar-refractivity contribution in [2.45, 2.75) is 50.7 Å². The third kappa shape index (κ3) is 7.37. The molecule has 12 heteroatoms. The van der Waals surface area contributed by atoms with Gasteiger partial charge in [-0.15, -0.1) is 0 Å². The van der Waals surface area contributed by atoms with Crippen LogP contribution in [-0.4, -0.2) is 72.4 Å². The number of nitrogens with zero attached hydrogens (tertiary/aromatic N) is 1. The highest BCUT2D eigenvalue weighted by Crippen LogP contribution is 2.42. The molecule has 210 valence electrons. The third-order valence-electron chi connectivity index (χ3n) is 7.00. The van der Waals surface area contributed by atoms with Crippen LogP contribution in [0.15, 0.2) is 11.6 Å². The first-order chi connectivity index (χ1) is 17.9. The Labute approximate surface area is 231 Å². The maximum absolute atomic E-state index is 14.0. The van der Waals surface area contributed by atoms with E-state index in [4.69, 9.17) is 37.4 Å². The highest BCUT2D eigenvalue weighted by Gasteiger charge is 2.38. The fraction of sp³-hybridized carbons (Fsp3) is 0.577. The number of ether oxygens (including phenoxy) is 3. The number of rotatable bonds is 12. The predicted octanol–water partition coefficient (Wildman–Crippen LogP) is 4.41. The number of carbonyl (C=O) groups excluding carboxylic acids is 2. The number of anilines is 1. The van der Waals surface area contributed by atoms with E-state index in [9.17, 15) is 23.9 Å². The van der Waals surface area contributed by atoms with Crippen molar-refractivity contribution in [2.75, 3.05) is 45.3 Å². The third-order valence-corrected chi connectivity index (χ3v) is 7.34. The Morgan fingerprint density at radius 1 is 1.32 bits per heavy atom. The number of fused-ring (bicyclic) bond motifs is 1. The SMILES string of the molecule is COc1c(C)c2c(c(NC(=O)C(F)(Cl)Cl)c1C/C=C(\C)C(CCCN1CCOCC1)CC(=O)O)C(=O)OC2. The normalized spacial score (nSPS) is 17.1. The second-order valence-electron chi connectivity index (χ2n) is 9.44. The van der Waals surface area contributed by atoms with Crippen molar-refractivity contribution in [3.8, 4) is 5.75 Å². The Morgan fingerprint density at radius 3 is 2.61 bits per heavy atom. The van der Waals surface area contributed by atoms with Crippen LogP contribution in [0.25, 0.3) is 0 Å². The fourth-order valence-electron chi connectivity index (χ4n) is 4.89. The Kier molecular flexibility index (Phi) is 10.4. The zero-order chi connectivity index (χ0) is 28.0. The predicted molar refractivity (Wildman–Crippen MR) is 141 cm³/mol. The number of methoxy groups -OCH3 is 1. The highest BCUT2D eigenvalue weighted by atomic mass is 35.5. The number of halogens is 3. The molecule has 1 amide bonds. The van der Waals surface area contributed by atoms with Crippen LogP contribution in [0, 0.1) is 12.8 Å². The van der Waals surface area contributed by atoms with Crippen LogP contribution in [0.3, 0.4) is 0 Å². The minimum Gasteiger partial charge on any atom is -0.496 e. The number of esters is 1. The number of hydrogen-bond donors (Lipinski definition) is 2. The summed E-state index contributed by atoms with van der Waals surface area (Å²) in [5.41, 5.74) is 2.47. The van der Waals surface area contributed by atoms with Crippen LogP contribution < -0.4 is 10.1 Å². The van der Waals surface area contributed by atoms with Crippen LogP contribution in [0.1, 0.15) is 53.2 Å². The summed E-state index contributed by atoms with van der Waals surface area (Å²) in [6.07, 6.45) is 3.46. The van der Waals surface area contributed by atoms with E-state index >= 15 is 0 Å². The van der Waals surface area contributed by atoms with Crippen molar-refractivity contribution in [1.82, 2.24) is 4.90 Å². The molecule has 3 rings (SSSR count). The van der Waals surface area contributed by atoms with Crippen LogP contribution >= 0.6 is 23.2 Å². The molecule has 1 fully saturated rings. The lowest BCUT2D eigenvalue weighted by molar-refractivity contribution is -0.137. The van der Waals surface area contributed by atoms with Gasteiger partial charge < -0.3 is 24.6 Å². The van der Waals surface area contributed by atoms with E-state index in [0.29, 0.717) is 42.1 Å². The molecule has 0 aliphatic carbocycles. The zero-order valence-corrected chi connectivity index (χ0v) is 23.2. The molecule has 0 radical (unpaired) electrons. The van der Waals surface area contributed by atoms with Crippen molar-refractivity contribution >= 4 is 46.7 Å². The molecule has 1 aromatic carbocycles. The highest BCUT2D eigenvalue weighted by molar-refractivity contribution is 6.57. The molecule has 1 unspecified atom stereocenters. The zero-order valence-electron chi connectivity index (χ0n) is 21.7. The molecule has 1 atom stereocenters. The number of morpholine rings is 1. The van der Waals surface area contributed by atoms with E-state index < -0.39 is 22.4 Å². The van der Waals surface area contributed by atoms with Gasteiger partial charge in [-0.05, 0) is 51.1 Å². The van der Waals surface area contributed by atoms with Crippen molar-refractivity contribution in [3.63, 3.8) is 0 Å². The summed E-state index contributed by atoms with van der Waals surface area (Å²) >= 11 is 10.7. The van der Waals surface area contributed by atoms with Crippen molar-refractivity contribution in [1.29, 1.82) is 0 Å². The molecule has 9 nitrogen and oxygen atoms in total. The van der Waals surface area contributed by atoms with Gasteiger partial charge in [-0.3, -0.25) is 14.5 Å². The molecule has 0 bridgehead atoms. The molecule has 1 aromatic rings. The number of alkyl halides is 3. The minimum atomic E-state index is -3.23. The molecule has 0 saturated carbocycles. The van der Waals surface area contributed by atoms with Gasteiger partial charge >= 0.3 is 16.5 Å². The quantitative estimate of drug-likeness (QED) is 0.214. The molecule has 2 aliphatic rings. The van der Waals surface area contributed by atoms with E-state index in [1.54, 1.807) is 6.92 Å². The van der Waals surface area contributed by atoms with Gasteiger partial charge in [-0.25, -0.2) is 4.79 Å². The number of benzene rings is 1. The van der Waals surface area contributed by atoms with E-state index in [2.05, 4.69) is 10.2 Å². The summed E-state index contributed by atoms with van der Waals surface area (Å²) in [5, 5.41) is 11.8. The summed E-state index contributed by atoms with van der Waals surface area (Å²) in [6, 6.07) is 0. The van der Waals surface area contributed by atoms with E-state index in [-0.39, 0.29) is 36.6 Å². The first kappa shape index (κ1) is 30.1. The number of allylic oxidation sites excluding steroid dienone is 2. The molecule has 0 spiro atoms. The molecule has 38 heavy (non-hydrogen) atoms. The standard InChI is InChI=1S/C26H33Cl2FN2O7/c1-15(17(13-20(32)33)5-4-8-31-9-11-37-12-10-31)6-7-18-22(30-25(35)26(27,28)29)21-19(14-38-24(21)34)16(2)23(18)36-3/h6,17H,4-5,7-14H2,1-3H3,(H,30,35)(H,32,33)/b15-6+. The van der Waals surface area contributed by atoms with Crippen LogP contribution in [0.2, 0.25) is 0 Å². The fourth-order valence-corrected chi connectivity index (χ4v) is 4.99. The van der Waals surface area contributed by atoms with Crippen molar-refractivity contribution in [2.24, 2.45) is 5.92 Å². The smallest absolute Gasteiger partial charge is 0.341 e. The molecular weight excluding hydrogens is 542 g/mol. The first-order valence-corrected chi connectivity index (χ1v) is 13.2. The number of aliphatic carboxylic acids is 1. The van der Waals surface area contributed by atoms with E-state index in [1.807, 2.05) is 13.0 Å². The lowest BCUT2D eigenvalue weighted by atomic mass is 9.89. The number of nitrogens with one attached hydrogen (secondary N) is 1. The number of amides is 1. The second kappa shape index (κ2) is 13.1. The van der Waals surface area contributed by atoms with Gasteiger partial charge in [-0.1, -0.05) is 34.9 Å². The number of carbonyl (C=O) groups is 3. The number of hydrogen-bond acceptors (Lipinski definition) is 7. The molecular formula is C26H33Cl2FN2O7. The average molecular weight is 575 g/mol.